The third-order valence-corrected chi connectivity index (χ3v) is 5.98. The molecule has 1 aliphatic heterocycles. The van der Waals surface area contributed by atoms with Crippen LogP contribution in [-0.2, 0) is 0 Å². The summed E-state index contributed by atoms with van der Waals surface area (Å²) in [5, 5.41) is 11.5. The van der Waals surface area contributed by atoms with Crippen LogP contribution < -0.4 is 16.1 Å². The molecule has 0 bridgehead atoms. The normalized spacial score (nSPS) is 16.4. The molecule has 31 heavy (non-hydrogen) atoms. The summed E-state index contributed by atoms with van der Waals surface area (Å²) in [5.41, 5.74) is 9.25. The molecule has 7 heteroatoms. The van der Waals surface area contributed by atoms with Crippen LogP contribution in [-0.4, -0.2) is 11.7 Å². The molecule has 0 fully saturated rings. The van der Waals surface area contributed by atoms with E-state index in [0.29, 0.717) is 11.4 Å². The summed E-state index contributed by atoms with van der Waals surface area (Å²) in [5.74, 6) is 0. The second kappa shape index (κ2) is 9.12. The molecule has 3 aromatic rings. The van der Waals surface area contributed by atoms with Gasteiger partial charge in [0, 0.05) is 32.9 Å². The second-order valence-electron chi connectivity index (χ2n) is 7.59. The Kier molecular flexibility index (Phi) is 6.30. The van der Waals surface area contributed by atoms with Gasteiger partial charge in [-0.2, -0.15) is 5.10 Å². The standard InChI is InChI=1S/C24H22BrClN4O/c1-14-3-9-20(15(2)11-14)28-24(31)30-29-23-13-22(16-4-6-17(25)7-5-16)27-21-10-8-18(26)12-19(21)23/h3-12,22,27H,13H2,1-2H3,(H2,28,30,31). The van der Waals surface area contributed by atoms with Crippen LogP contribution in [0.15, 0.2) is 70.2 Å². The number of fused-ring (bicyclic) bond motifs is 1. The maximum absolute atomic E-state index is 12.5. The van der Waals surface area contributed by atoms with Crippen LogP contribution in [0.2, 0.25) is 5.02 Å². The number of amides is 2. The molecular formula is C24H22BrClN4O. The lowest BCUT2D eigenvalue weighted by molar-refractivity contribution is 0.252. The van der Waals surface area contributed by atoms with Crippen LogP contribution >= 0.6 is 27.5 Å². The van der Waals surface area contributed by atoms with Crippen LogP contribution in [0.4, 0.5) is 16.2 Å². The van der Waals surface area contributed by atoms with Crippen molar-refractivity contribution < 1.29 is 4.79 Å². The molecular weight excluding hydrogens is 476 g/mol. The van der Waals surface area contributed by atoms with Crippen LogP contribution in [0.25, 0.3) is 0 Å². The third-order valence-electron chi connectivity index (χ3n) is 5.21. The Labute approximate surface area is 195 Å². The van der Waals surface area contributed by atoms with Crippen molar-refractivity contribution >= 4 is 50.6 Å². The van der Waals surface area contributed by atoms with Gasteiger partial charge in [-0.1, -0.05) is 57.4 Å². The van der Waals surface area contributed by atoms with Gasteiger partial charge in [-0.15, -0.1) is 0 Å². The molecule has 4 rings (SSSR count). The Morgan fingerprint density at radius 3 is 2.61 bits per heavy atom. The van der Waals surface area contributed by atoms with Gasteiger partial charge in [0.2, 0.25) is 0 Å². The van der Waals surface area contributed by atoms with Gasteiger partial charge in [0.25, 0.3) is 0 Å². The van der Waals surface area contributed by atoms with Crippen molar-refractivity contribution in [2.45, 2.75) is 26.3 Å². The van der Waals surface area contributed by atoms with Crippen molar-refractivity contribution in [2.24, 2.45) is 5.10 Å². The zero-order valence-electron chi connectivity index (χ0n) is 17.2. The lowest BCUT2D eigenvalue weighted by Crippen LogP contribution is -2.29. The molecule has 0 aromatic heterocycles. The Morgan fingerprint density at radius 1 is 1.10 bits per heavy atom. The van der Waals surface area contributed by atoms with Crippen molar-refractivity contribution in [1.82, 2.24) is 5.43 Å². The minimum Gasteiger partial charge on any atom is -0.377 e. The van der Waals surface area contributed by atoms with E-state index in [-0.39, 0.29) is 12.1 Å². The highest BCUT2D eigenvalue weighted by Crippen LogP contribution is 2.34. The van der Waals surface area contributed by atoms with Crippen LogP contribution in [0.1, 0.15) is 34.7 Å². The lowest BCUT2D eigenvalue weighted by atomic mass is 9.92. The van der Waals surface area contributed by atoms with Gasteiger partial charge in [0.15, 0.2) is 0 Å². The topological polar surface area (TPSA) is 65.5 Å². The highest BCUT2D eigenvalue weighted by atomic mass is 79.9. The summed E-state index contributed by atoms with van der Waals surface area (Å²) in [6.07, 6.45) is 0.610. The second-order valence-corrected chi connectivity index (χ2v) is 8.94. The first-order chi connectivity index (χ1) is 14.9. The molecule has 158 valence electrons. The summed E-state index contributed by atoms with van der Waals surface area (Å²) in [6, 6.07) is 19.3. The molecule has 0 spiro atoms. The number of urea groups is 1. The molecule has 0 saturated heterocycles. The predicted octanol–water partition coefficient (Wildman–Crippen LogP) is 6.80. The number of aryl methyl sites for hydroxylation is 2. The van der Waals surface area contributed by atoms with E-state index in [0.717, 1.165) is 43.8 Å². The molecule has 1 aliphatic rings. The number of halogens is 2. The van der Waals surface area contributed by atoms with Gasteiger partial charge in [0.1, 0.15) is 0 Å². The van der Waals surface area contributed by atoms with E-state index in [1.807, 2.05) is 62.4 Å². The first-order valence-corrected chi connectivity index (χ1v) is 11.1. The zero-order chi connectivity index (χ0) is 22.0. The van der Waals surface area contributed by atoms with Gasteiger partial charge in [0.05, 0.1) is 11.8 Å². The average molecular weight is 498 g/mol. The number of rotatable bonds is 3. The van der Waals surface area contributed by atoms with Crippen LogP contribution in [0.5, 0.6) is 0 Å². The summed E-state index contributed by atoms with van der Waals surface area (Å²) >= 11 is 9.70. The van der Waals surface area contributed by atoms with Gasteiger partial charge < -0.3 is 10.6 Å². The van der Waals surface area contributed by atoms with E-state index in [9.17, 15) is 4.79 Å². The number of hydrazone groups is 1. The monoisotopic (exact) mass is 496 g/mol. The Morgan fingerprint density at radius 2 is 1.87 bits per heavy atom. The molecule has 2 amide bonds. The van der Waals surface area contributed by atoms with E-state index >= 15 is 0 Å². The van der Waals surface area contributed by atoms with Crippen molar-refractivity contribution in [3.63, 3.8) is 0 Å². The zero-order valence-corrected chi connectivity index (χ0v) is 19.5. The van der Waals surface area contributed by atoms with E-state index in [4.69, 9.17) is 11.6 Å². The summed E-state index contributed by atoms with van der Waals surface area (Å²) in [6.45, 7) is 3.98. The largest absolute Gasteiger partial charge is 0.377 e. The molecule has 0 saturated carbocycles. The fraction of sp³-hybridized carbons (Fsp3) is 0.167. The first-order valence-electron chi connectivity index (χ1n) is 9.92. The number of carbonyl (C=O) groups is 1. The van der Waals surface area contributed by atoms with Crippen molar-refractivity contribution in [2.75, 3.05) is 10.6 Å². The van der Waals surface area contributed by atoms with Crippen molar-refractivity contribution in [1.29, 1.82) is 0 Å². The summed E-state index contributed by atoms with van der Waals surface area (Å²) in [4.78, 5) is 12.5. The van der Waals surface area contributed by atoms with E-state index < -0.39 is 0 Å². The molecule has 3 aromatic carbocycles. The minimum absolute atomic E-state index is 0.0322. The minimum atomic E-state index is -0.387. The van der Waals surface area contributed by atoms with Crippen LogP contribution in [0.3, 0.4) is 0 Å². The smallest absolute Gasteiger partial charge is 0.339 e. The quantitative estimate of drug-likeness (QED) is 0.348. The molecule has 1 heterocycles. The summed E-state index contributed by atoms with van der Waals surface area (Å²) in [7, 11) is 0. The number of nitrogens with zero attached hydrogens (tertiary/aromatic N) is 1. The van der Waals surface area contributed by atoms with Crippen molar-refractivity contribution in [3.05, 3.63) is 92.4 Å². The number of carbonyl (C=O) groups excluding carboxylic acids is 1. The highest BCUT2D eigenvalue weighted by molar-refractivity contribution is 9.10. The Balaban J connectivity index is 1.57. The van der Waals surface area contributed by atoms with Gasteiger partial charge in [-0.05, 0) is 61.4 Å². The third kappa shape index (κ3) is 5.09. The molecule has 1 unspecified atom stereocenters. The summed E-state index contributed by atoms with van der Waals surface area (Å²) < 4.78 is 1.03. The number of benzene rings is 3. The average Bonchev–Trinajstić information content (AvgIpc) is 2.74. The maximum atomic E-state index is 12.5. The fourth-order valence-corrected chi connectivity index (χ4v) is 4.08. The van der Waals surface area contributed by atoms with Gasteiger partial charge in [-0.3, -0.25) is 0 Å². The van der Waals surface area contributed by atoms with Crippen molar-refractivity contribution in [3.8, 4) is 0 Å². The number of hydrogen-bond donors (Lipinski definition) is 3. The molecule has 0 aliphatic carbocycles. The van der Waals surface area contributed by atoms with E-state index in [2.05, 4.69) is 49.2 Å². The van der Waals surface area contributed by atoms with Crippen LogP contribution in [0, 0.1) is 13.8 Å². The Bertz CT molecular complexity index is 1160. The highest BCUT2D eigenvalue weighted by Gasteiger charge is 2.25. The molecule has 0 radical (unpaired) electrons. The first kappa shape index (κ1) is 21.4. The fourth-order valence-electron chi connectivity index (χ4n) is 3.65. The van der Waals surface area contributed by atoms with Gasteiger partial charge in [-0.25, -0.2) is 10.2 Å². The van der Waals surface area contributed by atoms with Gasteiger partial charge >= 0.3 is 6.03 Å². The van der Waals surface area contributed by atoms with E-state index in [1.165, 1.54) is 0 Å². The predicted molar refractivity (Wildman–Crippen MR) is 131 cm³/mol. The lowest BCUT2D eigenvalue weighted by Gasteiger charge is -2.28. The number of nitrogens with one attached hydrogen (secondary N) is 3. The molecule has 5 nitrogen and oxygen atoms in total. The number of anilines is 2. The maximum Gasteiger partial charge on any atom is 0.339 e. The molecule has 1 atom stereocenters. The Hall–Kier alpha value is -2.83. The van der Waals surface area contributed by atoms with E-state index in [1.54, 1.807) is 0 Å². The molecule has 3 N–H and O–H groups in total. The number of hydrogen-bond acceptors (Lipinski definition) is 3. The SMILES string of the molecule is Cc1ccc(NC(=O)NN=C2CC(c3ccc(Br)cc3)Nc3ccc(Cl)cc32)c(C)c1.